The Morgan fingerprint density at radius 2 is 1.08 bits per heavy atom. The Bertz CT molecular complexity index is 2230. The normalized spacial score (nSPS) is 19.5. The summed E-state index contributed by atoms with van der Waals surface area (Å²) in [4.78, 5) is 24.0. The molecular weight excluding hydrogens is 935 g/mol. The summed E-state index contributed by atoms with van der Waals surface area (Å²) in [6, 6.07) is 11.8. The van der Waals surface area contributed by atoms with Crippen molar-refractivity contribution in [2.75, 3.05) is 36.0 Å². The van der Waals surface area contributed by atoms with Gasteiger partial charge in [0.15, 0.2) is 0 Å². The van der Waals surface area contributed by atoms with Crippen molar-refractivity contribution in [3.63, 3.8) is 0 Å². The van der Waals surface area contributed by atoms with Gasteiger partial charge in [0.05, 0.1) is 30.1 Å². The highest BCUT2D eigenvalue weighted by atomic mass is 35.5. The van der Waals surface area contributed by atoms with Crippen molar-refractivity contribution in [3.8, 4) is 0 Å². The molecule has 0 radical (unpaired) electrons. The molecule has 2 aromatic carbocycles. The second-order valence-electron chi connectivity index (χ2n) is 15.9. The minimum absolute atomic E-state index is 0.00232. The molecule has 2 aromatic heterocycles. The lowest BCUT2D eigenvalue weighted by Gasteiger charge is -2.33. The van der Waals surface area contributed by atoms with Crippen molar-refractivity contribution in [3.05, 3.63) is 112 Å². The number of aryl methyl sites for hydroxylation is 2. The zero-order valence-corrected chi connectivity index (χ0v) is 38.0. The molecule has 332 valence electrons. The number of carbonyl (C=O) groups excluding carboxylic acids is 1. The number of amides is 1. The third-order valence-electron chi connectivity index (χ3n) is 10.7. The summed E-state index contributed by atoms with van der Waals surface area (Å²) in [6.07, 6.45) is -9.92. The number of pyridine rings is 2. The van der Waals surface area contributed by atoms with Crippen LogP contribution in [-0.2, 0) is 28.7 Å². The number of carbonyl (C=O) groups is 1. The van der Waals surface area contributed by atoms with Crippen LogP contribution in [0.25, 0.3) is 0 Å². The van der Waals surface area contributed by atoms with Gasteiger partial charge in [0, 0.05) is 50.7 Å². The minimum Gasteiger partial charge on any atom is -0.444 e. The van der Waals surface area contributed by atoms with Gasteiger partial charge in [-0.25, -0.2) is 14.8 Å². The first kappa shape index (κ1) is 48.9. The molecule has 1 amide bonds. The van der Waals surface area contributed by atoms with Gasteiger partial charge < -0.3 is 25.6 Å². The van der Waals surface area contributed by atoms with Crippen LogP contribution in [0.15, 0.2) is 48.5 Å². The van der Waals surface area contributed by atoms with E-state index in [0.29, 0.717) is 29.6 Å². The fourth-order valence-electron chi connectivity index (χ4n) is 7.33. The maximum Gasteiger partial charge on any atom is 0.407 e. The van der Waals surface area contributed by atoms with Crippen molar-refractivity contribution in [1.82, 2.24) is 15.3 Å². The van der Waals surface area contributed by atoms with Gasteiger partial charge in [-0.3, -0.25) is 0 Å². The molecule has 3 N–H and O–H groups in total. The fourth-order valence-corrected chi connectivity index (χ4v) is 8.52. The maximum absolute atomic E-state index is 14.4. The summed E-state index contributed by atoms with van der Waals surface area (Å²) in [5.41, 5.74) is 3.60. The van der Waals surface area contributed by atoms with Crippen LogP contribution in [0.4, 0.5) is 42.8 Å². The van der Waals surface area contributed by atoms with E-state index in [0.717, 1.165) is 11.1 Å². The number of ether oxygens (including phenoxy) is 1. The number of hydrogen-bond acceptors (Lipinski definition) is 7. The van der Waals surface area contributed by atoms with Gasteiger partial charge >= 0.3 is 18.4 Å². The molecular formula is C41H42Cl6F6N6O2. The Morgan fingerprint density at radius 1 is 0.705 bits per heavy atom. The van der Waals surface area contributed by atoms with Crippen LogP contribution in [-0.4, -0.2) is 60.2 Å². The van der Waals surface area contributed by atoms with Crippen LogP contribution in [0.1, 0.15) is 67.3 Å². The molecule has 2 atom stereocenters. The van der Waals surface area contributed by atoms with Crippen molar-refractivity contribution >= 4 is 87.3 Å². The van der Waals surface area contributed by atoms with Gasteiger partial charge in [0.1, 0.15) is 28.1 Å². The van der Waals surface area contributed by atoms with Crippen LogP contribution < -0.4 is 20.9 Å². The van der Waals surface area contributed by atoms with E-state index >= 15 is 0 Å². The molecule has 0 aliphatic carbocycles. The molecule has 4 aromatic rings. The number of nitrogens with one attached hydrogen (secondary N) is 1. The van der Waals surface area contributed by atoms with Gasteiger partial charge in [-0.1, -0.05) is 81.7 Å². The van der Waals surface area contributed by atoms with E-state index in [1.165, 1.54) is 24.3 Å². The van der Waals surface area contributed by atoms with E-state index in [1.54, 1.807) is 68.7 Å². The third kappa shape index (κ3) is 10.6. The van der Waals surface area contributed by atoms with Crippen molar-refractivity contribution in [1.29, 1.82) is 0 Å². The Morgan fingerprint density at radius 3 is 1.41 bits per heavy atom. The highest BCUT2D eigenvalue weighted by Gasteiger charge is 2.60. The molecule has 20 heteroatoms. The predicted molar refractivity (Wildman–Crippen MR) is 231 cm³/mol. The van der Waals surface area contributed by atoms with E-state index in [-0.39, 0.29) is 86.8 Å². The molecule has 2 unspecified atom stereocenters. The van der Waals surface area contributed by atoms with Gasteiger partial charge in [-0.2, -0.15) is 26.3 Å². The average molecular weight is 978 g/mol. The summed E-state index contributed by atoms with van der Waals surface area (Å²) in [6.45, 7) is 9.04. The van der Waals surface area contributed by atoms with Crippen molar-refractivity contribution in [2.45, 2.75) is 89.3 Å². The Balaban J connectivity index is 0.000000237. The monoisotopic (exact) mass is 974 g/mol. The predicted octanol–water partition coefficient (Wildman–Crippen LogP) is 12.6. The number of alkyl carbamates (subject to hydrolysis) is 1. The van der Waals surface area contributed by atoms with Crippen LogP contribution >= 0.6 is 69.6 Å². The lowest BCUT2D eigenvalue weighted by molar-refractivity contribution is -0.185. The molecule has 61 heavy (non-hydrogen) atoms. The quantitative estimate of drug-likeness (QED) is 0.141. The highest BCUT2D eigenvalue weighted by Crippen LogP contribution is 2.52. The van der Waals surface area contributed by atoms with Gasteiger partial charge in [-0.15, -0.1) is 0 Å². The number of hydrogen-bond donors (Lipinski definition) is 2. The molecule has 0 spiro atoms. The van der Waals surface area contributed by atoms with Gasteiger partial charge in [0.25, 0.3) is 0 Å². The summed E-state index contributed by atoms with van der Waals surface area (Å²) in [5, 5.41) is 2.67. The molecule has 2 fully saturated rings. The molecule has 8 nitrogen and oxygen atoms in total. The van der Waals surface area contributed by atoms with Gasteiger partial charge in [-0.05, 0) is 106 Å². The van der Waals surface area contributed by atoms with Crippen molar-refractivity contribution in [2.24, 2.45) is 5.73 Å². The molecule has 0 bridgehead atoms. The number of alkyl halides is 6. The van der Waals surface area contributed by atoms with Crippen LogP contribution in [0, 0.1) is 13.8 Å². The zero-order chi connectivity index (χ0) is 45.5. The third-order valence-corrected chi connectivity index (χ3v) is 13.1. The van der Waals surface area contributed by atoms with E-state index in [9.17, 15) is 31.1 Å². The number of aromatic nitrogens is 2. The first-order valence-electron chi connectivity index (χ1n) is 18.8. The Kier molecular flexibility index (Phi) is 14.9. The van der Waals surface area contributed by atoms with Gasteiger partial charge in [0.2, 0.25) is 0 Å². The van der Waals surface area contributed by atoms with Crippen LogP contribution in [0.5, 0.6) is 0 Å². The van der Waals surface area contributed by atoms with Crippen LogP contribution in [0.3, 0.4) is 0 Å². The molecule has 4 heterocycles. The average Bonchev–Trinajstić information content (AvgIpc) is 3.83. The SMILES string of the molecule is Cc1nc(N2CCC(c3cc(Cl)c(Cl)c(Cl)c3)(C(F)(F)F)C2)ccc1CN.Cc1nc(N2CCC(c3cc(Cl)c(Cl)c(Cl)c3)(C(F)(F)F)C2)ccc1CNC(=O)OC(C)(C)C. The topological polar surface area (TPSA) is 96.6 Å². The second kappa shape index (κ2) is 18.5. The first-order chi connectivity index (χ1) is 28.2. The lowest BCUT2D eigenvalue weighted by Crippen LogP contribution is -2.45. The van der Waals surface area contributed by atoms with E-state index in [1.807, 2.05) is 0 Å². The van der Waals surface area contributed by atoms with Crippen LogP contribution in [0.2, 0.25) is 30.1 Å². The zero-order valence-electron chi connectivity index (χ0n) is 33.5. The minimum atomic E-state index is -4.55. The number of nitrogens with two attached hydrogens (primary N) is 1. The summed E-state index contributed by atoms with van der Waals surface area (Å²) >= 11 is 35.9. The number of anilines is 2. The number of halogens is 12. The van der Waals surface area contributed by atoms with E-state index < -0.39 is 34.9 Å². The Hall–Kier alpha value is -3.11. The first-order valence-corrected chi connectivity index (χ1v) is 21.0. The molecule has 6 rings (SSSR count). The largest absolute Gasteiger partial charge is 0.444 e. The van der Waals surface area contributed by atoms with Crippen molar-refractivity contribution < 1.29 is 35.9 Å². The molecule has 2 aliphatic rings. The summed E-state index contributed by atoms with van der Waals surface area (Å²) in [5.74, 6) is 0.901. The smallest absolute Gasteiger partial charge is 0.407 e. The number of rotatable bonds is 7. The standard InChI is InChI=1S/C23H25Cl3F3N3O2.C18H17Cl3F3N3/c1-13-14(11-30-20(33)34-21(2,3)4)5-6-18(31-13)32-8-7-22(12-32,23(27,28)29)15-9-16(24)19(26)17(25)10-15;1-10-11(8-25)2-3-15(26-10)27-5-4-17(9-27,18(22,23)24)12-6-13(19)16(21)14(20)7-12/h5-6,9-10H,7-8,11-12H2,1-4H3,(H,30,33);2-3,6-7H,4-5,8-9,25H2,1H3. The fraction of sp³-hybridized carbons (Fsp3) is 0.439. The lowest BCUT2D eigenvalue weighted by atomic mass is 9.79. The maximum atomic E-state index is 14.4. The molecule has 0 saturated carbocycles. The second-order valence-corrected chi connectivity index (χ2v) is 18.3. The highest BCUT2D eigenvalue weighted by molar-refractivity contribution is 6.48. The molecule has 2 saturated heterocycles. The van der Waals surface area contributed by atoms with E-state index in [2.05, 4.69) is 15.3 Å². The number of nitrogens with zero attached hydrogens (tertiary/aromatic N) is 4. The van der Waals surface area contributed by atoms with E-state index in [4.69, 9.17) is 80.1 Å². The Labute approximate surface area is 379 Å². The summed E-state index contributed by atoms with van der Waals surface area (Å²) < 4.78 is 90.8. The number of benzene rings is 2. The molecule has 2 aliphatic heterocycles. The summed E-state index contributed by atoms with van der Waals surface area (Å²) in [7, 11) is 0.